The molecule has 6 nitrogen and oxygen atoms in total. The molecule has 0 unspecified atom stereocenters. The number of fused-ring (bicyclic) bond motifs is 1. The number of halogens is 1. The van der Waals surface area contributed by atoms with Gasteiger partial charge in [0.05, 0.1) is 11.3 Å². The summed E-state index contributed by atoms with van der Waals surface area (Å²) in [6.45, 7) is 0.292. The number of para-hydroxylation sites is 1. The van der Waals surface area contributed by atoms with Gasteiger partial charge in [-0.1, -0.05) is 35.9 Å². The van der Waals surface area contributed by atoms with E-state index >= 15 is 0 Å². The van der Waals surface area contributed by atoms with Crippen molar-refractivity contribution in [2.24, 2.45) is 0 Å². The maximum atomic E-state index is 12.8. The standard InChI is InChI=1S/C22H17ClN2O4/c23-15-7-5-14(6-8-15)12-28-19-4-2-1-3-17(19)22(27)24-16-9-10-20-18(11-16)25-21(26)13-29-20/h1-11H,12-13H2,(H,24,27)(H,25,26). The van der Waals surface area contributed by atoms with Gasteiger partial charge in [-0.05, 0) is 48.0 Å². The quantitative estimate of drug-likeness (QED) is 0.651. The summed E-state index contributed by atoms with van der Waals surface area (Å²) in [5.74, 6) is 0.477. The zero-order chi connectivity index (χ0) is 20.2. The smallest absolute Gasteiger partial charge is 0.262 e. The largest absolute Gasteiger partial charge is 0.488 e. The number of nitrogens with one attached hydrogen (secondary N) is 2. The fourth-order valence-corrected chi connectivity index (χ4v) is 3.01. The fraction of sp³-hybridized carbons (Fsp3) is 0.0909. The first kappa shape index (κ1) is 18.8. The van der Waals surface area contributed by atoms with Crippen LogP contribution in [0, 0.1) is 0 Å². The van der Waals surface area contributed by atoms with Crippen molar-refractivity contribution in [3.8, 4) is 11.5 Å². The fourth-order valence-electron chi connectivity index (χ4n) is 2.88. The average molecular weight is 409 g/mol. The molecule has 7 heteroatoms. The Labute approximate surface area is 172 Å². The van der Waals surface area contributed by atoms with E-state index in [0.717, 1.165) is 5.56 Å². The Morgan fingerprint density at radius 1 is 1.10 bits per heavy atom. The van der Waals surface area contributed by atoms with Crippen LogP contribution in [-0.4, -0.2) is 18.4 Å². The zero-order valence-electron chi connectivity index (χ0n) is 15.3. The topological polar surface area (TPSA) is 76.7 Å². The number of benzene rings is 3. The molecule has 0 bridgehead atoms. The first-order chi connectivity index (χ1) is 14.1. The van der Waals surface area contributed by atoms with Crippen LogP contribution < -0.4 is 20.1 Å². The summed E-state index contributed by atoms with van der Waals surface area (Å²) in [5, 5.41) is 6.20. The molecule has 0 radical (unpaired) electrons. The molecule has 1 heterocycles. The van der Waals surface area contributed by atoms with E-state index in [1.807, 2.05) is 12.1 Å². The highest BCUT2D eigenvalue weighted by Gasteiger charge is 2.18. The SMILES string of the molecule is O=C1COc2ccc(NC(=O)c3ccccc3OCc3ccc(Cl)cc3)cc2N1. The molecule has 2 N–H and O–H groups in total. The number of rotatable bonds is 5. The number of amides is 2. The molecule has 0 saturated heterocycles. The van der Waals surface area contributed by atoms with Crippen molar-refractivity contribution in [2.75, 3.05) is 17.2 Å². The van der Waals surface area contributed by atoms with Gasteiger partial charge >= 0.3 is 0 Å². The summed E-state index contributed by atoms with van der Waals surface area (Å²) < 4.78 is 11.2. The molecule has 0 atom stereocenters. The second-order valence-corrected chi connectivity index (χ2v) is 6.85. The Morgan fingerprint density at radius 2 is 1.90 bits per heavy atom. The molecule has 4 rings (SSSR count). The van der Waals surface area contributed by atoms with Crippen molar-refractivity contribution in [1.29, 1.82) is 0 Å². The van der Waals surface area contributed by atoms with Gasteiger partial charge in [-0.2, -0.15) is 0 Å². The van der Waals surface area contributed by atoms with Crippen LogP contribution in [0.5, 0.6) is 11.5 Å². The highest BCUT2D eigenvalue weighted by Crippen LogP contribution is 2.31. The highest BCUT2D eigenvalue weighted by atomic mass is 35.5. The van der Waals surface area contributed by atoms with Crippen LogP contribution in [0.25, 0.3) is 0 Å². The molecule has 29 heavy (non-hydrogen) atoms. The van der Waals surface area contributed by atoms with Crippen molar-refractivity contribution in [3.05, 3.63) is 82.9 Å². The molecule has 0 spiro atoms. The molecule has 1 aliphatic rings. The maximum Gasteiger partial charge on any atom is 0.262 e. The highest BCUT2D eigenvalue weighted by molar-refractivity contribution is 6.30. The Bertz CT molecular complexity index is 1070. The molecular formula is C22H17ClN2O4. The van der Waals surface area contributed by atoms with Crippen molar-refractivity contribution in [3.63, 3.8) is 0 Å². The van der Waals surface area contributed by atoms with Crippen LogP contribution in [0.1, 0.15) is 15.9 Å². The molecular weight excluding hydrogens is 392 g/mol. The Balaban J connectivity index is 1.48. The summed E-state index contributed by atoms with van der Waals surface area (Å²) in [6, 6.07) is 19.4. The number of carbonyl (C=O) groups excluding carboxylic acids is 2. The first-order valence-corrected chi connectivity index (χ1v) is 9.30. The van der Waals surface area contributed by atoms with E-state index in [2.05, 4.69) is 10.6 Å². The third-order valence-corrected chi connectivity index (χ3v) is 4.56. The number of hydrogen-bond donors (Lipinski definition) is 2. The Morgan fingerprint density at radius 3 is 2.72 bits per heavy atom. The van der Waals surface area contributed by atoms with Gasteiger partial charge in [-0.3, -0.25) is 9.59 Å². The van der Waals surface area contributed by atoms with Crippen LogP contribution in [0.3, 0.4) is 0 Å². The zero-order valence-corrected chi connectivity index (χ0v) is 16.0. The molecule has 0 aromatic heterocycles. The van der Waals surface area contributed by atoms with Crippen molar-refractivity contribution < 1.29 is 19.1 Å². The van der Waals surface area contributed by atoms with Gasteiger partial charge in [0.25, 0.3) is 11.8 Å². The van der Waals surface area contributed by atoms with E-state index in [4.69, 9.17) is 21.1 Å². The minimum absolute atomic E-state index is 0.0168. The van der Waals surface area contributed by atoms with Gasteiger partial charge in [0.15, 0.2) is 6.61 Å². The number of anilines is 2. The van der Waals surface area contributed by atoms with Crippen LogP contribution in [-0.2, 0) is 11.4 Å². The van der Waals surface area contributed by atoms with Gasteiger partial charge < -0.3 is 20.1 Å². The van der Waals surface area contributed by atoms with E-state index in [1.54, 1.807) is 54.6 Å². The molecule has 0 fully saturated rings. The predicted molar refractivity (Wildman–Crippen MR) is 111 cm³/mol. The second-order valence-electron chi connectivity index (χ2n) is 6.41. The molecule has 0 saturated carbocycles. The Hall–Kier alpha value is -3.51. The monoisotopic (exact) mass is 408 g/mol. The summed E-state index contributed by atoms with van der Waals surface area (Å²) in [5.41, 5.74) is 2.40. The lowest BCUT2D eigenvalue weighted by Gasteiger charge is -2.19. The number of carbonyl (C=O) groups is 2. The third kappa shape index (κ3) is 4.50. The lowest BCUT2D eigenvalue weighted by atomic mass is 10.1. The summed E-state index contributed by atoms with van der Waals surface area (Å²) >= 11 is 5.90. The lowest BCUT2D eigenvalue weighted by Crippen LogP contribution is -2.25. The van der Waals surface area contributed by atoms with Gasteiger partial charge in [0.1, 0.15) is 18.1 Å². The number of ether oxygens (including phenoxy) is 2. The van der Waals surface area contributed by atoms with E-state index in [9.17, 15) is 9.59 Å². The summed E-state index contributed by atoms with van der Waals surface area (Å²) in [7, 11) is 0. The molecule has 3 aromatic rings. The normalized spacial score (nSPS) is 12.4. The van der Waals surface area contributed by atoms with Crippen molar-refractivity contribution >= 4 is 34.8 Å². The van der Waals surface area contributed by atoms with E-state index < -0.39 is 0 Å². The minimum atomic E-state index is -0.320. The molecule has 0 aliphatic carbocycles. The molecule has 3 aromatic carbocycles. The minimum Gasteiger partial charge on any atom is -0.488 e. The maximum absolute atomic E-state index is 12.8. The van der Waals surface area contributed by atoms with Crippen LogP contribution in [0.15, 0.2) is 66.7 Å². The lowest BCUT2D eigenvalue weighted by molar-refractivity contribution is -0.118. The van der Waals surface area contributed by atoms with Gasteiger partial charge in [-0.25, -0.2) is 0 Å². The summed E-state index contributed by atoms with van der Waals surface area (Å²) in [4.78, 5) is 24.3. The number of hydrogen-bond acceptors (Lipinski definition) is 4. The first-order valence-electron chi connectivity index (χ1n) is 8.93. The van der Waals surface area contributed by atoms with Gasteiger partial charge in [0.2, 0.25) is 0 Å². The Kier molecular flexibility index (Phi) is 5.35. The van der Waals surface area contributed by atoms with E-state index in [-0.39, 0.29) is 18.4 Å². The molecule has 1 aliphatic heterocycles. The van der Waals surface area contributed by atoms with E-state index in [0.29, 0.717) is 40.1 Å². The average Bonchev–Trinajstić information content (AvgIpc) is 2.73. The van der Waals surface area contributed by atoms with Crippen LogP contribution >= 0.6 is 11.6 Å². The molecule has 146 valence electrons. The predicted octanol–water partition coefficient (Wildman–Crippen LogP) is 4.50. The van der Waals surface area contributed by atoms with Gasteiger partial charge in [-0.15, -0.1) is 0 Å². The van der Waals surface area contributed by atoms with Crippen molar-refractivity contribution in [1.82, 2.24) is 0 Å². The van der Waals surface area contributed by atoms with Crippen molar-refractivity contribution in [2.45, 2.75) is 6.61 Å². The third-order valence-electron chi connectivity index (χ3n) is 4.31. The summed E-state index contributed by atoms with van der Waals surface area (Å²) in [6.07, 6.45) is 0. The molecule has 2 amide bonds. The van der Waals surface area contributed by atoms with E-state index in [1.165, 1.54) is 0 Å². The second kappa shape index (κ2) is 8.24. The van der Waals surface area contributed by atoms with Crippen LogP contribution in [0.2, 0.25) is 5.02 Å². The van der Waals surface area contributed by atoms with Gasteiger partial charge in [0, 0.05) is 10.7 Å². The van der Waals surface area contributed by atoms with Crippen LogP contribution in [0.4, 0.5) is 11.4 Å².